The SMILES string of the molecule is CN1CCC[C@H](CNC(=O)Cc2ccccc2O)[C@H]1c1cccs1. The average molecular weight is 344 g/mol. The fraction of sp³-hybridized carbons (Fsp3) is 0.421. The van der Waals surface area contributed by atoms with Crippen LogP contribution in [0.1, 0.15) is 29.3 Å². The van der Waals surface area contributed by atoms with E-state index < -0.39 is 0 Å². The second kappa shape index (κ2) is 7.81. The maximum Gasteiger partial charge on any atom is 0.224 e. The van der Waals surface area contributed by atoms with Gasteiger partial charge in [-0.15, -0.1) is 11.3 Å². The molecule has 0 aliphatic carbocycles. The molecule has 1 aliphatic heterocycles. The van der Waals surface area contributed by atoms with Crippen molar-refractivity contribution in [1.82, 2.24) is 10.2 Å². The molecule has 1 aromatic heterocycles. The van der Waals surface area contributed by atoms with E-state index in [4.69, 9.17) is 0 Å². The maximum absolute atomic E-state index is 12.2. The first-order valence-corrected chi connectivity index (χ1v) is 9.30. The lowest BCUT2D eigenvalue weighted by atomic mass is 9.88. The summed E-state index contributed by atoms with van der Waals surface area (Å²) in [5, 5.41) is 15.0. The van der Waals surface area contributed by atoms with Crippen LogP contribution < -0.4 is 5.32 Å². The molecule has 2 N–H and O–H groups in total. The van der Waals surface area contributed by atoms with Gasteiger partial charge in [-0.1, -0.05) is 24.3 Å². The van der Waals surface area contributed by atoms with Gasteiger partial charge in [-0.3, -0.25) is 9.69 Å². The van der Waals surface area contributed by atoms with Crippen LogP contribution in [-0.4, -0.2) is 36.1 Å². The highest BCUT2D eigenvalue weighted by Gasteiger charge is 2.31. The molecule has 1 saturated heterocycles. The minimum Gasteiger partial charge on any atom is -0.508 e. The number of carbonyl (C=O) groups excluding carboxylic acids is 1. The number of piperidine rings is 1. The smallest absolute Gasteiger partial charge is 0.224 e. The van der Waals surface area contributed by atoms with Crippen LogP contribution in [-0.2, 0) is 11.2 Å². The van der Waals surface area contributed by atoms with Gasteiger partial charge in [0.15, 0.2) is 0 Å². The van der Waals surface area contributed by atoms with Crippen molar-refractivity contribution in [3.8, 4) is 5.75 Å². The number of rotatable bonds is 5. The lowest BCUT2D eigenvalue weighted by molar-refractivity contribution is -0.120. The van der Waals surface area contributed by atoms with Crippen LogP contribution in [0.25, 0.3) is 0 Å². The minimum atomic E-state index is -0.0327. The molecule has 0 bridgehead atoms. The molecular formula is C19H24N2O2S. The predicted octanol–water partition coefficient (Wildman–Crippen LogP) is 3.20. The Morgan fingerprint density at radius 3 is 2.92 bits per heavy atom. The Bertz CT molecular complexity index is 672. The number of amides is 1. The largest absolute Gasteiger partial charge is 0.508 e. The molecule has 1 aliphatic rings. The van der Waals surface area contributed by atoms with Crippen molar-refractivity contribution in [3.63, 3.8) is 0 Å². The van der Waals surface area contributed by atoms with Crippen molar-refractivity contribution in [1.29, 1.82) is 0 Å². The Morgan fingerprint density at radius 1 is 1.33 bits per heavy atom. The van der Waals surface area contributed by atoms with Crippen LogP contribution in [0.4, 0.5) is 0 Å². The summed E-state index contributed by atoms with van der Waals surface area (Å²) >= 11 is 1.79. The summed E-state index contributed by atoms with van der Waals surface area (Å²) in [6.45, 7) is 1.78. The van der Waals surface area contributed by atoms with Gasteiger partial charge in [0, 0.05) is 23.0 Å². The third-order valence-electron chi connectivity index (χ3n) is 4.75. The van der Waals surface area contributed by atoms with Crippen molar-refractivity contribution in [2.24, 2.45) is 5.92 Å². The van der Waals surface area contributed by atoms with E-state index in [-0.39, 0.29) is 18.1 Å². The summed E-state index contributed by atoms with van der Waals surface area (Å²) in [4.78, 5) is 16.0. The first-order chi connectivity index (χ1) is 11.6. The number of carbonyl (C=O) groups is 1. The molecule has 2 heterocycles. The Kier molecular flexibility index (Phi) is 5.53. The highest BCUT2D eigenvalue weighted by atomic mass is 32.1. The van der Waals surface area contributed by atoms with Gasteiger partial charge in [0.05, 0.1) is 6.42 Å². The van der Waals surface area contributed by atoms with E-state index in [1.807, 2.05) is 6.07 Å². The normalized spacial score (nSPS) is 21.5. The fourth-order valence-electron chi connectivity index (χ4n) is 3.52. The van der Waals surface area contributed by atoms with E-state index in [2.05, 4.69) is 34.8 Å². The van der Waals surface area contributed by atoms with Gasteiger partial charge >= 0.3 is 0 Å². The summed E-state index contributed by atoms with van der Waals surface area (Å²) in [6, 6.07) is 11.7. The Hall–Kier alpha value is -1.85. The number of phenolic OH excluding ortho intramolecular Hbond substituents is 1. The van der Waals surface area contributed by atoms with Crippen LogP contribution in [0.3, 0.4) is 0 Å². The van der Waals surface area contributed by atoms with Crippen LogP contribution in [0.15, 0.2) is 41.8 Å². The molecule has 2 aromatic rings. The Labute approximate surface area is 147 Å². The van der Waals surface area contributed by atoms with Gasteiger partial charge in [-0.25, -0.2) is 0 Å². The number of nitrogens with one attached hydrogen (secondary N) is 1. The van der Waals surface area contributed by atoms with Gasteiger partial charge < -0.3 is 10.4 Å². The second-order valence-corrected chi connectivity index (χ2v) is 7.43. The molecule has 0 radical (unpaired) electrons. The number of benzene rings is 1. The minimum absolute atomic E-state index is 0.0327. The summed E-state index contributed by atoms with van der Waals surface area (Å²) in [6.07, 6.45) is 2.51. The van der Waals surface area contributed by atoms with E-state index >= 15 is 0 Å². The van der Waals surface area contributed by atoms with E-state index in [1.165, 1.54) is 11.3 Å². The molecule has 5 heteroatoms. The Balaban J connectivity index is 1.60. The van der Waals surface area contributed by atoms with Crippen molar-refractivity contribution >= 4 is 17.2 Å². The molecule has 24 heavy (non-hydrogen) atoms. The molecular weight excluding hydrogens is 320 g/mol. The van der Waals surface area contributed by atoms with Crippen LogP contribution in [0.5, 0.6) is 5.75 Å². The number of phenols is 1. The van der Waals surface area contributed by atoms with Crippen molar-refractivity contribution in [3.05, 3.63) is 52.2 Å². The summed E-state index contributed by atoms with van der Waals surface area (Å²) in [5.74, 6) is 0.576. The molecule has 0 unspecified atom stereocenters. The standard InChI is InChI=1S/C19H24N2O2S/c1-21-10-4-7-15(19(21)17-9-5-11-24-17)13-20-18(23)12-14-6-2-3-8-16(14)22/h2-3,5-6,8-9,11,15,19,22H,4,7,10,12-13H2,1H3,(H,20,23)/t15-,19+/m1/s1. The number of likely N-dealkylation sites (tertiary alicyclic amines) is 1. The summed E-state index contributed by atoms with van der Waals surface area (Å²) in [7, 11) is 2.17. The van der Waals surface area contributed by atoms with E-state index in [9.17, 15) is 9.90 Å². The lowest BCUT2D eigenvalue weighted by Gasteiger charge is -2.38. The molecule has 2 atom stereocenters. The Morgan fingerprint density at radius 2 is 2.17 bits per heavy atom. The summed E-state index contributed by atoms with van der Waals surface area (Å²) in [5.41, 5.74) is 0.672. The number of hydrogen-bond donors (Lipinski definition) is 2. The number of nitrogens with zero attached hydrogens (tertiary/aromatic N) is 1. The van der Waals surface area contributed by atoms with Gasteiger partial charge in [0.1, 0.15) is 5.75 Å². The van der Waals surface area contributed by atoms with Crippen molar-refractivity contribution < 1.29 is 9.90 Å². The molecule has 1 fully saturated rings. The third-order valence-corrected chi connectivity index (χ3v) is 5.69. The average Bonchev–Trinajstić information content (AvgIpc) is 3.09. The molecule has 1 aromatic carbocycles. The van der Waals surface area contributed by atoms with Crippen LogP contribution in [0, 0.1) is 5.92 Å². The molecule has 4 nitrogen and oxygen atoms in total. The van der Waals surface area contributed by atoms with Gasteiger partial charge in [-0.2, -0.15) is 0 Å². The number of hydrogen-bond acceptors (Lipinski definition) is 4. The zero-order valence-electron chi connectivity index (χ0n) is 13.9. The monoisotopic (exact) mass is 344 g/mol. The predicted molar refractivity (Wildman–Crippen MR) is 97.2 cm³/mol. The summed E-state index contributed by atoms with van der Waals surface area (Å²) < 4.78 is 0. The zero-order chi connectivity index (χ0) is 16.9. The van der Waals surface area contributed by atoms with Crippen molar-refractivity contribution in [2.45, 2.75) is 25.3 Å². The zero-order valence-corrected chi connectivity index (χ0v) is 14.8. The second-order valence-electron chi connectivity index (χ2n) is 6.45. The maximum atomic E-state index is 12.2. The van der Waals surface area contributed by atoms with E-state index in [0.29, 0.717) is 24.1 Å². The van der Waals surface area contributed by atoms with Gasteiger partial charge in [-0.05, 0) is 49.9 Å². The van der Waals surface area contributed by atoms with Gasteiger partial charge in [0.2, 0.25) is 5.91 Å². The highest BCUT2D eigenvalue weighted by Crippen LogP contribution is 2.36. The number of thiophene rings is 1. The van der Waals surface area contributed by atoms with E-state index in [0.717, 1.165) is 13.0 Å². The molecule has 1 amide bonds. The molecule has 0 saturated carbocycles. The molecule has 3 rings (SSSR count). The number of aromatic hydroxyl groups is 1. The molecule has 0 spiro atoms. The van der Waals surface area contributed by atoms with Gasteiger partial charge in [0.25, 0.3) is 0 Å². The number of para-hydroxylation sites is 1. The van der Waals surface area contributed by atoms with Crippen LogP contribution >= 0.6 is 11.3 Å². The topological polar surface area (TPSA) is 52.6 Å². The third kappa shape index (κ3) is 3.97. The van der Waals surface area contributed by atoms with Crippen LogP contribution in [0.2, 0.25) is 0 Å². The van der Waals surface area contributed by atoms with Crippen molar-refractivity contribution in [2.75, 3.05) is 20.1 Å². The molecule has 128 valence electrons. The highest BCUT2D eigenvalue weighted by molar-refractivity contribution is 7.10. The lowest BCUT2D eigenvalue weighted by Crippen LogP contribution is -2.41. The first-order valence-electron chi connectivity index (χ1n) is 8.42. The van der Waals surface area contributed by atoms with E-state index in [1.54, 1.807) is 29.5 Å². The fourth-order valence-corrected chi connectivity index (χ4v) is 4.51. The quantitative estimate of drug-likeness (QED) is 0.876. The first kappa shape index (κ1) is 17.0.